The van der Waals surface area contributed by atoms with Gasteiger partial charge in [0.05, 0.1) is 17.5 Å². The molecule has 1 aromatic carbocycles. The zero-order valence-electron chi connectivity index (χ0n) is 15.8. The molecule has 0 radical (unpaired) electrons. The summed E-state index contributed by atoms with van der Waals surface area (Å²) >= 11 is 0. The molecule has 4 bridgehead atoms. The van der Waals surface area contributed by atoms with E-state index in [9.17, 15) is 4.79 Å². The Labute approximate surface area is 159 Å². The van der Waals surface area contributed by atoms with E-state index in [1.807, 2.05) is 42.0 Å². The second-order valence-corrected chi connectivity index (χ2v) is 8.85. The number of nitrogens with zero attached hydrogens (tertiary/aromatic N) is 3. The molecule has 1 aromatic heterocycles. The largest absolute Gasteiger partial charge is 0.306 e. The standard InChI is InChI=1S/C22H26N4O/c1-15(19-2-4-20(5-3-19)26-7-6-23-14-26)24-25-21(27)22-11-16-8-17(12-22)10-18(9-16)13-22/h2-7,14,16-18H,8-13H2,1H3,(H,25,27). The average molecular weight is 362 g/mol. The van der Waals surface area contributed by atoms with Crippen molar-refractivity contribution in [2.24, 2.45) is 28.3 Å². The Balaban J connectivity index is 1.28. The van der Waals surface area contributed by atoms with Crippen LogP contribution in [0.5, 0.6) is 0 Å². The van der Waals surface area contributed by atoms with E-state index in [2.05, 4.69) is 15.5 Å². The lowest BCUT2D eigenvalue weighted by molar-refractivity contribution is -0.146. The minimum atomic E-state index is -0.149. The number of nitrogens with one attached hydrogen (secondary N) is 1. The molecule has 1 amide bonds. The van der Waals surface area contributed by atoms with Crippen LogP contribution in [0.2, 0.25) is 0 Å². The molecular formula is C22H26N4O. The first-order valence-corrected chi connectivity index (χ1v) is 10.0. The number of hydrazone groups is 1. The Kier molecular flexibility index (Phi) is 3.92. The van der Waals surface area contributed by atoms with Gasteiger partial charge >= 0.3 is 0 Å². The van der Waals surface area contributed by atoms with E-state index in [4.69, 9.17) is 0 Å². The lowest BCUT2D eigenvalue weighted by Crippen LogP contribution is -2.52. The maximum absolute atomic E-state index is 13.0. The van der Waals surface area contributed by atoms with Gasteiger partial charge in [-0.25, -0.2) is 10.4 Å². The van der Waals surface area contributed by atoms with Gasteiger partial charge in [0.1, 0.15) is 0 Å². The Morgan fingerprint density at radius 2 is 1.74 bits per heavy atom. The quantitative estimate of drug-likeness (QED) is 0.662. The van der Waals surface area contributed by atoms with Crippen LogP contribution in [-0.4, -0.2) is 21.2 Å². The number of imidazole rings is 1. The molecule has 1 N–H and O–H groups in total. The van der Waals surface area contributed by atoms with Crippen LogP contribution in [0.1, 0.15) is 51.0 Å². The van der Waals surface area contributed by atoms with Crippen molar-refractivity contribution in [2.75, 3.05) is 0 Å². The van der Waals surface area contributed by atoms with Crippen LogP contribution >= 0.6 is 0 Å². The van der Waals surface area contributed by atoms with E-state index < -0.39 is 0 Å². The van der Waals surface area contributed by atoms with Gasteiger partial charge < -0.3 is 4.57 Å². The van der Waals surface area contributed by atoms with Gasteiger partial charge in [0.15, 0.2) is 0 Å². The van der Waals surface area contributed by atoms with Crippen LogP contribution in [0.3, 0.4) is 0 Å². The normalized spacial score (nSPS) is 31.9. The van der Waals surface area contributed by atoms with E-state index in [-0.39, 0.29) is 11.3 Å². The number of benzene rings is 1. The topological polar surface area (TPSA) is 59.3 Å². The van der Waals surface area contributed by atoms with Crippen molar-refractivity contribution in [3.05, 3.63) is 48.5 Å². The first kappa shape index (κ1) is 16.7. The van der Waals surface area contributed by atoms with Crippen molar-refractivity contribution in [3.8, 4) is 5.69 Å². The summed E-state index contributed by atoms with van der Waals surface area (Å²) in [6, 6.07) is 8.14. The molecule has 4 aliphatic carbocycles. The van der Waals surface area contributed by atoms with Gasteiger partial charge in [-0.2, -0.15) is 5.10 Å². The SMILES string of the molecule is CC(=NNC(=O)C12CC3CC(CC(C3)C1)C2)c1ccc(-n2ccnc2)cc1. The molecule has 0 atom stereocenters. The highest BCUT2D eigenvalue weighted by Crippen LogP contribution is 2.60. The molecule has 6 rings (SSSR count). The summed E-state index contributed by atoms with van der Waals surface area (Å²) in [6.45, 7) is 1.95. The highest BCUT2D eigenvalue weighted by Gasteiger charge is 2.54. The number of rotatable bonds is 4. The summed E-state index contributed by atoms with van der Waals surface area (Å²) in [5, 5.41) is 4.44. The van der Waals surface area contributed by atoms with Gasteiger partial charge in [0, 0.05) is 18.1 Å². The van der Waals surface area contributed by atoms with Crippen LogP contribution in [0, 0.1) is 23.2 Å². The van der Waals surface area contributed by atoms with E-state index in [0.29, 0.717) is 0 Å². The summed E-state index contributed by atoms with van der Waals surface area (Å²) in [5.74, 6) is 2.45. The molecule has 0 spiro atoms. The number of hydrogen-bond donors (Lipinski definition) is 1. The number of carbonyl (C=O) groups excluding carboxylic acids is 1. The lowest BCUT2D eigenvalue weighted by atomic mass is 9.49. The molecule has 5 nitrogen and oxygen atoms in total. The third-order valence-electron chi connectivity index (χ3n) is 6.93. The van der Waals surface area contributed by atoms with E-state index >= 15 is 0 Å². The molecule has 0 aliphatic heterocycles. The number of aromatic nitrogens is 2. The number of amides is 1. The minimum absolute atomic E-state index is 0.149. The van der Waals surface area contributed by atoms with Crippen LogP contribution < -0.4 is 5.43 Å². The molecule has 4 saturated carbocycles. The fraction of sp³-hybridized carbons (Fsp3) is 0.500. The Morgan fingerprint density at radius 3 is 2.30 bits per heavy atom. The molecule has 4 fully saturated rings. The van der Waals surface area contributed by atoms with Crippen LogP contribution in [0.4, 0.5) is 0 Å². The van der Waals surface area contributed by atoms with E-state index in [0.717, 1.165) is 54.0 Å². The predicted octanol–water partition coefficient (Wildman–Crippen LogP) is 3.93. The molecular weight excluding hydrogens is 336 g/mol. The second kappa shape index (κ2) is 6.32. The molecule has 2 aromatic rings. The van der Waals surface area contributed by atoms with Crippen molar-refractivity contribution >= 4 is 11.6 Å². The highest BCUT2D eigenvalue weighted by atomic mass is 16.2. The molecule has 5 heteroatoms. The molecule has 1 heterocycles. The average Bonchev–Trinajstić information content (AvgIpc) is 3.19. The molecule has 0 unspecified atom stereocenters. The zero-order chi connectivity index (χ0) is 18.4. The smallest absolute Gasteiger partial charge is 0.246 e. The van der Waals surface area contributed by atoms with Gasteiger partial charge in [-0.1, -0.05) is 12.1 Å². The number of hydrogen-bond acceptors (Lipinski definition) is 3. The first-order valence-electron chi connectivity index (χ1n) is 10.0. The summed E-state index contributed by atoms with van der Waals surface area (Å²) in [4.78, 5) is 17.1. The molecule has 140 valence electrons. The van der Waals surface area contributed by atoms with E-state index in [1.165, 1.54) is 19.3 Å². The fourth-order valence-electron chi connectivity index (χ4n) is 5.99. The second-order valence-electron chi connectivity index (χ2n) is 8.85. The minimum Gasteiger partial charge on any atom is -0.306 e. The van der Waals surface area contributed by atoms with Crippen LogP contribution in [-0.2, 0) is 4.79 Å². The van der Waals surface area contributed by atoms with Crippen LogP contribution in [0.15, 0.2) is 48.1 Å². The first-order chi connectivity index (χ1) is 13.1. The third kappa shape index (κ3) is 2.99. The predicted molar refractivity (Wildman–Crippen MR) is 105 cm³/mol. The zero-order valence-corrected chi connectivity index (χ0v) is 15.8. The molecule has 0 saturated heterocycles. The maximum Gasteiger partial charge on any atom is 0.246 e. The Bertz CT molecular complexity index is 831. The summed E-state index contributed by atoms with van der Waals surface area (Å²) < 4.78 is 1.96. The third-order valence-corrected chi connectivity index (χ3v) is 6.93. The number of carbonyl (C=O) groups is 1. The van der Waals surface area contributed by atoms with E-state index in [1.54, 1.807) is 12.5 Å². The molecule has 4 aliphatic rings. The Hall–Kier alpha value is -2.43. The summed E-state index contributed by atoms with van der Waals surface area (Å²) in [7, 11) is 0. The Morgan fingerprint density at radius 1 is 1.11 bits per heavy atom. The molecule has 27 heavy (non-hydrogen) atoms. The van der Waals surface area contributed by atoms with Gasteiger partial charge in [-0.05, 0) is 80.9 Å². The van der Waals surface area contributed by atoms with Crippen molar-refractivity contribution in [1.29, 1.82) is 0 Å². The maximum atomic E-state index is 13.0. The van der Waals surface area contributed by atoms with Gasteiger partial charge in [0.2, 0.25) is 5.91 Å². The van der Waals surface area contributed by atoms with Crippen molar-refractivity contribution in [3.63, 3.8) is 0 Å². The van der Waals surface area contributed by atoms with Crippen LogP contribution in [0.25, 0.3) is 5.69 Å². The van der Waals surface area contributed by atoms with Crippen molar-refractivity contribution in [1.82, 2.24) is 15.0 Å². The highest BCUT2D eigenvalue weighted by molar-refractivity contribution is 5.99. The lowest BCUT2D eigenvalue weighted by Gasteiger charge is -2.55. The van der Waals surface area contributed by atoms with Crippen molar-refractivity contribution in [2.45, 2.75) is 45.4 Å². The summed E-state index contributed by atoms with van der Waals surface area (Å²) in [6.07, 6.45) is 12.7. The van der Waals surface area contributed by atoms with Gasteiger partial charge in [-0.3, -0.25) is 4.79 Å². The fourth-order valence-corrected chi connectivity index (χ4v) is 5.99. The summed E-state index contributed by atoms with van der Waals surface area (Å²) in [5.41, 5.74) is 5.68. The van der Waals surface area contributed by atoms with Crippen molar-refractivity contribution < 1.29 is 4.79 Å². The van der Waals surface area contributed by atoms with Gasteiger partial charge in [0.25, 0.3) is 0 Å². The van der Waals surface area contributed by atoms with Gasteiger partial charge in [-0.15, -0.1) is 0 Å². The monoisotopic (exact) mass is 362 g/mol.